The van der Waals surface area contributed by atoms with E-state index in [1.165, 1.54) is 30.3 Å². The van der Waals surface area contributed by atoms with E-state index in [-0.39, 0.29) is 39.9 Å². The van der Waals surface area contributed by atoms with Crippen molar-refractivity contribution in [2.24, 2.45) is 17.8 Å². The molecular weight excluding hydrogens is 986 g/mol. The summed E-state index contributed by atoms with van der Waals surface area (Å²) in [5.41, 5.74) is 9.34. The fraction of sp³-hybridized carbons (Fsp3) is 0.231. The number of terminal acetylenes is 1. The molecule has 4 N–H and O–H groups in total. The van der Waals surface area contributed by atoms with Crippen LogP contribution in [0.5, 0.6) is 0 Å². The Kier molecular flexibility index (Phi) is 16.6. The second-order valence-corrected chi connectivity index (χ2v) is 18.3. The Morgan fingerprint density at radius 3 is 1.69 bits per heavy atom. The number of benzene rings is 5. The average Bonchev–Trinajstić information content (AvgIpc) is 3.99. The molecular formula is C52H46Br2F2N6O5. The van der Waals surface area contributed by atoms with E-state index in [0.29, 0.717) is 45.2 Å². The molecule has 5 heterocycles. The lowest BCUT2D eigenvalue weighted by molar-refractivity contribution is -0.119. The smallest absolute Gasteiger partial charge is 0.337 e. The van der Waals surface area contributed by atoms with Gasteiger partial charge < -0.3 is 16.2 Å². The second-order valence-electron chi connectivity index (χ2n) is 16.5. The number of aromatic nitrogens is 4. The third kappa shape index (κ3) is 13.3. The molecule has 0 bridgehead atoms. The summed E-state index contributed by atoms with van der Waals surface area (Å²) in [6, 6.07) is 27.8. The first kappa shape index (κ1) is 49.5. The van der Waals surface area contributed by atoms with Crippen LogP contribution in [0.2, 0.25) is 0 Å². The first-order valence-corrected chi connectivity index (χ1v) is 22.8. The summed E-state index contributed by atoms with van der Waals surface area (Å²) < 4.78 is 30.8. The molecule has 3 aliphatic rings. The largest absolute Gasteiger partial charge is 0.478 e. The number of hydrogen-bond acceptors (Lipinski definition) is 7. The molecule has 3 aliphatic heterocycles. The maximum absolute atomic E-state index is 13.2. The van der Waals surface area contributed by atoms with Gasteiger partial charge in [0.2, 0.25) is 5.91 Å². The van der Waals surface area contributed by atoms with Gasteiger partial charge in [0.05, 0.1) is 27.4 Å². The van der Waals surface area contributed by atoms with Crippen LogP contribution in [0, 0.1) is 53.6 Å². The number of amides is 1. The van der Waals surface area contributed by atoms with Crippen molar-refractivity contribution in [3.63, 3.8) is 0 Å². The summed E-state index contributed by atoms with van der Waals surface area (Å²) in [6.07, 6.45) is 7.45. The van der Waals surface area contributed by atoms with Gasteiger partial charge in [0, 0.05) is 70.2 Å². The maximum atomic E-state index is 13.2. The van der Waals surface area contributed by atoms with Crippen LogP contribution in [0.4, 0.5) is 14.5 Å². The van der Waals surface area contributed by atoms with Gasteiger partial charge in [-0.05, 0) is 109 Å². The summed E-state index contributed by atoms with van der Waals surface area (Å²) in [4.78, 5) is 54.7. The lowest BCUT2D eigenvalue weighted by atomic mass is 10.1. The van der Waals surface area contributed by atoms with E-state index in [0.717, 1.165) is 70.6 Å². The molecule has 1 amide bonds. The minimum Gasteiger partial charge on any atom is -0.478 e. The zero-order valence-electron chi connectivity index (χ0n) is 36.8. The lowest BCUT2D eigenvalue weighted by Gasteiger charge is -2.05. The second kappa shape index (κ2) is 22.5. The third-order valence-corrected chi connectivity index (χ3v) is 11.7. The first-order valence-electron chi connectivity index (χ1n) is 21.2. The summed E-state index contributed by atoms with van der Waals surface area (Å²) >= 11 is 6.57. The van der Waals surface area contributed by atoms with Gasteiger partial charge in [-0.3, -0.25) is 23.5 Å². The van der Waals surface area contributed by atoms with Crippen molar-refractivity contribution in [3.8, 4) is 24.2 Å². The first-order chi connectivity index (χ1) is 32.0. The Hall–Kier alpha value is -6.94. The van der Waals surface area contributed by atoms with E-state index in [1.54, 1.807) is 51.6 Å². The molecule has 67 heavy (non-hydrogen) atoms. The van der Waals surface area contributed by atoms with Crippen LogP contribution in [-0.2, 0) is 30.7 Å². The predicted octanol–water partition coefficient (Wildman–Crippen LogP) is 9.16. The van der Waals surface area contributed by atoms with Gasteiger partial charge in [0.15, 0.2) is 0 Å². The van der Waals surface area contributed by atoms with E-state index in [9.17, 15) is 28.0 Å². The number of carboxylic acid groups (broad SMARTS) is 1. The minimum absolute atomic E-state index is 0.0176. The van der Waals surface area contributed by atoms with Crippen LogP contribution < -0.4 is 22.2 Å². The standard InChI is InChI=1S/C20H15FN2O.C12H11BrN2O.C8H5F.C7H6BrNO2.C5H9NO/c1-13-9-19-22-18-11-15(6-5-14-3-2-4-16(21)10-14)7-8-17(18)20(24)23(19)12-13;1-7-4-11-14-10-5-8(13)2-3-9(10)12(16)15(11)6-7;1-2-7-4-3-5-8(9)6-7;8-4-1-2-5(7(10)11)6(9)3-4;1-4-2-5(7)6-3-4/h2-4,7-8,10-11,13H,9,12H2,1H3;2-3,5,7H,4,6H2,1H3;1,3-6H;1-3H,9H2,(H,10,11);4H,2-3H2,1H3,(H,6,7). The predicted molar refractivity (Wildman–Crippen MR) is 264 cm³/mol. The molecule has 15 heteroatoms. The number of carboxylic acids is 1. The van der Waals surface area contributed by atoms with Crippen LogP contribution in [0.3, 0.4) is 0 Å². The van der Waals surface area contributed by atoms with Crippen molar-refractivity contribution >= 4 is 71.2 Å². The Bertz CT molecular complexity index is 3230. The molecule has 10 rings (SSSR count). The fourth-order valence-corrected chi connectivity index (χ4v) is 8.14. The van der Waals surface area contributed by atoms with Gasteiger partial charge in [-0.15, -0.1) is 6.42 Å². The summed E-state index contributed by atoms with van der Waals surface area (Å²) in [5, 5.41) is 12.6. The molecule has 3 unspecified atom stereocenters. The Morgan fingerprint density at radius 1 is 0.701 bits per heavy atom. The minimum atomic E-state index is -1.00. The van der Waals surface area contributed by atoms with Crippen molar-refractivity contribution in [1.29, 1.82) is 0 Å². The van der Waals surface area contributed by atoms with E-state index in [4.69, 9.17) is 17.3 Å². The number of hydrogen-bond donors (Lipinski definition) is 3. The lowest BCUT2D eigenvalue weighted by Crippen LogP contribution is -2.21. The Balaban J connectivity index is 0.000000149. The number of carbonyl (C=O) groups excluding carboxylic acids is 1. The van der Waals surface area contributed by atoms with Gasteiger partial charge in [0.25, 0.3) is 11.1 Å². The van der Waals surface area contributed by atoms with Crippen molar-refractivity contribution in [2.75, 3.05) is 12.3 Å². The number of nitrogen functional groups attached to an aromatic ring is 1. The molecule has 342 valence electrons. The average molecular weight is 1030 g/mol. The fourth-order valence-electron chi connectivity index (χ4n) is 7.42. The quantitative estimate of drug-likeness (QED) is 0.108. The van der Waals surface area contributed by atoms with Crippen molar-refractivity contribution in [2.45, 2.75) is 53.1 Å². The number of anilines is 1. The zero-order chi connectivity index (χ0) is 48.4. The molecule has 2 aromatic heterocycles. The van der Waals surface area contributed by atoms with Crippen molar-refractivity contribution in [3.05, 3.63) is 178 Å². The Morgan fingerprint density at radius 2 is 1.21 bits per heavy atom. The molecule has 0 saturated carbocycles. The van der Waals surface area contributed by atoms with E-state index >= 15 is 0 Å². The van der Waals surface area contributed by atoms with Crippen LogP contribution in [-0.4, -0.2) is 42.6 Å². The molecule has 3 atom stereocenters. The van der Waals surface area contributed by atoms with Crippen LogP contribution in [0.25, 0.3) is 21.8 Å². The van der Waals surface area contributed by atoms with Crippen LogP contribution in [0.1, 0.15) is 65.9 Å². The molecule has 0 spiro atoms. The molecule has 0 radical (unpaired) electrons. The highest BCUT2D eigenvalue weighted by molar-refractivity contribution is 9.10. The topological polar surface area (TPSA) is 162 Å². The molecule has 5 aromatic carbocycles. The number of nitrogens with two attached hydrogens (primary N) is 1. The highest BCUT2D eigenvalue weighted by Crippen LogP contribution is 2.22. The van der Waals surface area contributed by atoms with Gasteiger partial charge in [-0.2, -0.15) is 0 Å². The zero-order valence-corrected chi connectivity index (χ0v) is 40.0. The summed E-state index contributed by atoms with van der Waals surface area (Å²) in [6.45, 7) is 8.74. The molecule has 1 saturated heterocycles. The number of aromatic carboxylic acids is 1. The van der Waals surface area contributed by atoms with Gasteiger partial charge >= 0.3 is 5.97 Å². The number of nitrogens with one attached hydrogen (secondary N) is 1. The molecule has 11 nitrogen and oxygen atoms in total. The SMILES string of the molecule is C#Cc1cccc(F)c1.CC1CNC(=O)C1.CC1Cc2nc3cc(Br)ccc3c(=O)n2C1.CC1Cc2nc3cc(C#Cc4cccc(F)c4)ccc3c(=O)n2C1.Nc1cc(Br)ccc1C(=O)O. The number of fused-ring (bicyclic) bond motifs is 4. The molecule has 1 fully saturated rings. The van der Waals surface area contributed by atoms with Crippen LogP contribution in [0.15, 0.2) is 122 Å². The summed E-state index contributed by atoms with van der Waals surface area (Å²) in [5.74, 6) is 10.2. The van der Waals surface area contributed by atoms with Crippen molar-refractivity contribution in [1.82, 2.24) is 24.4 Å². The number of halogens is 4. The molecule has 0 aliphatic carbocycles. The highest BCUT2D eigenvalue weighted by atomic mass is 79.9. The van der Waals surface area contributed by atoms with E-state index in [1.807, 2.05) is 30.3 Å². The highest BCUT2D eigenvalue weighted by Gasteiger charge is 2.23. The monoisotopic (exact) mass is 1030 g/mol. The number of nitrogens with zero attached hydrogens (tertiary/aromatic N) is 4. The summed E-state index contributed by atoms with van der Waals surface area (Å²) in [7, 11) is 0. The van der Waals surface area contributed by atoms with Gasteiger partial charge in [0.1, 0.15) is 23.3 Å². The van der Waals surface area contributed by atoms with E-state index < -0.39 is 5.97 Å². The van der Waals surface area contributed by atoms with Crippen molar-refractivity contribution < 1.29 is 23.5 Å². The number of rotatable bonds is 1. The third-order valence-electron chi connectivity index (χ3n) is 10.7. The van der Waals surface area contributed by atoms with E-state index in [2.05, 4.69) is 85.7 Å². The van der Waals surface area contributed by atoms with Crippen LogP contribution >= 0.6 is 31.9 Å². The molecule has 7 aromatic rings. The number of carbonyl (C=O) groups is 2. The Labute approximate surface area is 402 Å². The van der Waals surface area contributed by atoms with Gasteiger partial charge in [-0.25, -0.2) is 23.5 Å². The van der Waals surface area contributed by atoms with Gasteiger partial charge in [-0.1, -0.05) is 82.5 Å². The maximum Gasteiger partial charge on any atom is 0.337 e. The normalized spacial score (nSPS) is 16.1.